The molecule has 2 aromatic carbocycles. The van der Waals surface area contributed by atoms with Crippen molar-refractivity contribution in [3.05, 3.63) is 70.9 Å². The molecule has 0 atom stereocenters. The van der Waals surface area contributed by atoms with E-state index in [1.165, 1.54) is 16.8 Å². The zero-order valence-corrected chi connectivity index (χ0v) is 18.2. The average molecular weight is 446 g/mol. The minimum Gasteiger partial charge on any atom is -0.311 e. The first-order chi connectivity index (χ1) is 15.0. The topological polar surface area (TPSA) is 36.3 Å². The van der Waals surface area contributed by atoms with Gasteiger partial charge in [0.1, 0.15) is 11.5 Å². The Hall–Kier alpha value is -2.32. The summed E-state index contributed by atoms with van der Waals surface area (Å²) in [6.45, 7) is 6.76. The normalized spacial score (nSPS) is 15.5. The van der Waals surface area contributed by atoms with Gasteiger partial charge in [-0.1, -0.05) is 23.7 Å². The van der Waals surface area contributed by atoms with Gasteiger partial charge in [0, 0.05) is 74.2 Å². The summed E-state index contributed by atoms with van der Waals surface area (Å²) in [6.07, 6.45) is 1.79. The first kappa shape index (κ1) is 21.9. The predicted molar refractivity (Wildman–Crippen MR) is 120 cm³/mol. The van der Waals surface area contributed by atoms with Gasteiger partial charge >= 0.3 is 0 Å². The lowest BCUT2D eigenvalue weighted by Gasteiger charge is -2.32. The molecule has 2 heterocycles. The smallest absolute Gasteiger partial charge is 0.151 e. The van der Waals surface area contributed by atoms with Crippen LogP contribution in [0.3, 0.4) is 0 Å². The maximum absolute atomic E-state index is 14.3. The molecule has 8 heteroatoms. The van der Waals surface area contributed by atoms with Crippen molar-refractivity contribution in [1.29, 1.82) is 0 Å². The molecule has 5 nitrogen and oxygen atoms in total. The lowest BCUT2D eigenvalue weighted by Crippen LogP contribution is -2.46. The number of halogens is 3. The zero-order chi connectivity index (χ0) is 21.8. The molecule has 3 aromatic rings. The number of piperazine rings is 1. The van der Waals surface area contributed by atoms with E-state index in [9.17, 15) is 8.78 Å². The fraction of sp³-hybridized carbons (Fsp3) is 0.348. The van der Waals surface area contributed by atoms with E-state index in [0.717, 1.165) is 62.2 Å². The summed E-state index contributed by atoms with van der Waals surface area (Å²) in [7, 11) is 2.15. The highest BCUT2D eigenvalue weighted by Crippen LogP contribution is 2.26. The quantitative estimate of drug-likeness (QED) is 0.561. The van der Waals surface area contributed by atoms with Crippen molar-refractivity contribution < 1.29 is 8.78 Å². The molecule has 31 heavy (non-hydrogen) atoms. The highest BCUT2D eigenvalue weighted by molar-refractivity contribution is 6.30. The van der Waals surface area contributed by atoms with Crippen LogP contribution in [0.25, 0.3) is 16.9 Å². The van der Waals surface area contributed by atoms with Gasteiger partial charge in [-0.25, -0.2) is 13.5 Å². The van der Waals surface area contributed by atoms with Crippen LogP contribution in [-0.2, 0) is 6.54 Å². The molecule has 0 unspecified atom stereocenters. The van der Waals surface area contributed by atoms with Crippen molar-refractivity contribution in [1.82, 2.24) is 24.9 Å². The minimum atomic E-state index is -0.653. The largest absolute Gasteiger partial charge is 0.311 e. The molecular weight excluding hydrogens is 420 g/mol. The van der Waals surface area contributed by atoms with Gasteiger partial charge < -0.3 is 10.2 Å². The number of likely N-dealkylation sites (N-methyl/N-ethyl adjacent to an activating group) is 1. The van der Waals surface area contributed by atoms with Crippen molar-refractivity contribution in [3.63, 3.8) is 0 Å². The number of rotatable bonds is 7. The Kier molecular flexibility index (Phi) is 6.97. The fourth-order valence-corrected chi connectivity index (χ4v) is 3.84. The molecule has 0 radical (unpaired) electrons. The molecule has 1 saturated heterocycles. The van der Waals surface area contributed by atoms with E-state index >= 15 is 0 Å². The molecule has 1 N–H and O–H groups in total. The lowest BCUT2D eigenvalue weighted by molar-refractivity contribution is 0.154. The number of hydrogen-bond donors (Lipinski definition) is 1. The van der Waals surface area contributed by atoms with Gasteiger partial charge in [0.25, 0.3) is 0 Å². The van der Waals surface area contributed by atoms with Crippen molar-refractivity contribution in [2.24, 2.45) is 0 Å². The van der Waals surface area contributed by atoms with Crippen LogP contribution in [0.5, 0.6) is 0 Å². The predicted octanol–water partition coefficient (Wildman–Crippen LogP) is 3.81. The molecule has 0 spiro atoms. The van der Waals surface area contributed by atoms with Gasteiger partial charge in [0.15, 0.2) is 5.82 Å². The molecule has 0 aliphatic carbocycles. The zero-order valence-electron chi connectivity index (χ0n) is 17.5. The summed E-state index contributed by atoms with van der Waals surface area (Å²) in [5.41, 5.74) is 2.78. The summed E-state index contributed by atoms with van der Waals surface area (Å²) >= 11 is 6.03. The lowest BCUT2D eigenvalue weighted by atomic mass is 10.1. The summed E-state index contributed by atoms with van der Waals surface area (Å²) in [6, 6.07) is 10.9. The Balaban J connectivity index is 1.50. The van der Waals surface area contributed by atoms with Gasteiger partial charge in [-0.15, -0.1) is 0 Å². The van der Waals surface area contributed by atoms with Crippen molar-refractivity contribution >= 4 is 11.6 Å². The van der Waals surface area contributed by atoms with Gasteiger partial charge in [0.05, 0.1) is 5.69 Å². The molecule has 0 bridgehead atoms. The molecule has 1 aromatic heterocycles. The molecule has 164 valence electrons. The minimum absolute atomic E-state index is 0.209. The first-order valence-electron chi connectivity index (χ1n) is 10.4. The van der Waals surface area contributed by atoms with Gasteiger partial charge in [-0.3, -0.25) is 4.90 Å². The van der Waals surface area contributed by atoms with Crippen molar-refractivity contribution in [3.8, 4) is 16.9 Å². The van der Waals surface area contributed by atoms with E-state index in [4.69, 9.17) is 11.6 Å². The molecule has 0 amide bonds. The van der Waals surface area contributed by atoms with Gasteiger partial charge in [-0.05, 0) is 31.3 Å². The van der Waals surface area contributed by atoms with Gasteiger partial charge in [-0.2, -0.15) is 5.10 Å². The van der Waals surface area contributed by atoms with E-state index in [2.05, 4.69) is 27.3 Å². The van der Waals surface area contributed by atoms with Gasteiger partial charge in [0.2, 0.25) is 0 Å². The Morgan fingerprint density at radius 2 is 1.77 bits per heavy atom. The average Bonchev–Trinajstić information content (AvgIpc) is 3.17. The summed E-state index contributed by atoms with van der Waals surface area (Å²) < 4.78 is 29.1. The van der Waals surface area contributed by atoms with Crippen LogP contribution >= 0.6 is 11.6 Å². The first-order valence-corrected chi connectivity index (χ1v) is 10.8. The summed E-state index contributed by atoms with van der Waals surface area (Å²) in [5.74, 6) is -1.27. The number of benzene rings is 2. The van der Waals surface area contributed by atoms with Crippen LogP contribution in [-0.4, -0.2) is 65.9 Å². The standard InChI is InChI=1S/C23H26ClF2N5/c1-29-10-12-30(13-11-29)9-8-27-15-18-16-31(22-7-6-20(25)14-21(22)26)28-23(18)17-2-4-19(24)5-3-17/h2-7,14,16,27H,8-13,15H2,1H3. The second-order valence-electron chi connectivity index (χ2n) is 7.87. The molecule has 1 aliphatic heterocycles. The maximum atomic E-state index is 14.3. The Labute approximate surface area is 186 Å². The second kappa shape index (κ2) is 9.87. The van der Waals surface area contributed by atoms with E-state index in [0.29, 0.717) is 11.6 Å². The molecule has 0 saturated carbocycles. The summed E-state index contributed by atoms with van der Waals surface area (Å²) in [4.78, 5) is 4.79. The third-order valence-corrected chi connectivity index (χ3v) is 5.83. The molecule has 1 fully saturated rings. The van der Waals surface area contributed by atoms with Crippen LogP contribution in [0.15, 0.2) is 48.7 Å². The SMILES string of the molecule is CN1CCN(CCNCc2cn(-c3ccc(F)cc3F)nc2-c2ccc(Cl)cc2)CC1. The maximum Gasteiger partial charge on any atom is 0.151 e. The van der Waals surface area contributed by atoms with Crippen molar-refractivity contribution in [2.75, 3.05) is 46.3 Å². The fourth-order valence-electron chi connectivity index (χ4n) is 3.71. The molecule has 4 rings (SSSR count). The molecule has 1 aliphatic rings. The van der Waals surface area contributed by atoms with E-state index in [1.54, 1.807) is 18.3 Å². The van der Waals surface area contributed by atoms with Crippen LogP contribution in [0.1, 0.15) is 5.56 Å². The Morgan fingerprint density at radius 1 is 1.03 bits per heavy atom. The van der Waals surface area contributed by atoms with Crippen molar-refractivity contribution in [2.45, 2.75) is 6.54 Å². The highest BCUT2D eigenvalue weighted by Gasteiger charge is 2.16. The number of hydrogen-bond acceptors (Lipinski definition) is 4. The third-order valence-electron chi connectivity index (χ3n) is 5.58. The van der Waals surface area contributed by atoms with E-state index in [1.807, 2.05) is 12.1 Å². The van der Waals surface area contributed by atoms with Crippen LogP contribution in [0.4, 0.5) is 8.78 Å². The summed E-state index contributed by atoms with van der Waals surface area (Å²) in [5, 5.41) is 8.72. The van der Waals surface area contributed by atoms with E-state index < -0.39 is 11.6 Å². The number of nitrogens with one attached hydrogen (secondary N) is 1. The Bertz CT molecular complexity index is 1010. The van der Waals surface area contributed by atoms with Crippen LogP contribution in [0, 0.1) is 11.6 Å². The van der Waals surface area contributed by atoms with Crippen LogP contribution in [0.2, 0.25) is 5.02 Å². The van der Waals surface area contributed by atoms with Crippen LogP contribution < -0.4 is 5.32 Å². The molecular formula is C23H26ClF2N5. The third kappa shape index (κ3) is 5.49. The highest BCUT2D eigenvalue weighted by atomic mass is 35.5. The number of aromatic nitrogens is 2. The second-order valence-corrected chi connectivity index (χ2v) is 8.31. The number of nitrogens with zero attached hydrogens (tertiary/aromatic N) is 4. The monoisotopic (exact) mass is 445 g/mol. The van der Waals surface area contributed by atoms with E-state index in [-0.39, 0.29) is 5.69 Å². The Morgan fingerprint density at radius 3 is 2.48 bits per heavy atom.